The molecule has 0 spiro atoms. The van der Waals surface area contributed by atoms with E-state index in [1.54, 1.807) is 32.9 Å². The smallest absolute Gasteiger partial charge is 0.341 e. The van der Waals surface area contributed by atoms with E-state index in [9.17, 15) is 19.2 Å². The van der Waals surface area contributed by atoms with E-state index in [2.05, 4.69) is 21.2 Å². The summed E-state index contributed by atoms with van der Waals surface area (Å²) in [6.45, 7) is 5.57. The molecule has 1 fully saturated rings. The zero-order valence-corrected chi connectivity index (χ0v) is 21.9. The van der Waals surface area contributed by atoms with Gasteiger partial charge in [0.15, 0.2) is 18.1 Å². The second-order valence-electron chi connectivity index (χ2n) is 7.39. The lowest BCUT2D eigenvalue weighted by atomic mass is 10.1. The first-order valence-corrected chi connectivity index (χ1v) is 12.1. The van der Waals surface area contributed by atoms with Crippen molar-refractivity contribution in [2.75, 3.05) is 31.3 Å². The highest BCUT2D eigenvalue weighted by molar-refractivity contribution is 9.10. The number of ether oxygens (including phenoxy) is 4. The molecule has 0 unspecified atom stereocenters. The third-order valence-corrected chi connectivity index (χ3v) is 5.58. The molecule has 0 saturated carbocycles. The van der Waals surface area contributed by atoms with Gasteiger partial charge in [-0.2, -0.15) is 0 Å². The quantitative estimate of drug-likeness (QED) is 0.302. The first-order chi connectivity index (χ1) is 17.7. The molecule has 196 valence electrons. The molecule has 2 aromatic carbocycles. The third kappa shape index (κ3) is 6.39. The molecule has 2 N–H and O–H groups in total. The van der Waals surface area contributed by atoms with E-state index in [0.29, 0.717) is 22.4 Å². The lowest BCUT2D eigenvalue weighted by Gasteiger charge is -2.28. The van der Waals surface area contributed by atoms with Gasteiger partial charge in [-0.05, 0) is 56.7 Å². The SMILES string of the molecule is CCOc1ccc(OCC)c(N2C(=O)NC(=O)/C(=C\c3cc(OCC)c(OCC(=O)O)cc3Br)C2=O)c1. The summed E-state index contributed by atoms with van der Waals surface area (Å²) in [6.07, 6.45) is 1.29. The molecule has 1 aliphatic heterocycles. The lowest BCUT2D eigenvalue weighted by molar-refractivity contribution is -0.139. The highest BCUT2D eigenvalue weighted by Gasteiger charge is 2.38. The summed E-state index contributed by atoms with van der Waals surface area (Å²) in [5, 5.41) is 11.1. The Morgan fingerprint density at radius 3 is 2.24 bits per heavy atom. The van der Waals surface area contributed by atoms with Crippen LogP contribution in [0.3, 0.4) is 0 Å². The Labute approximate surface area is 221 Å². The number of halogens is 1. The van der Waals surface area contributed by atoms with Crippen molar-refractivity contribution in [3.05, 3.63) is 45.9 Å². The first-order valence-electron chi connectivity index (χ1n) is 11.3. The van der Waals surface area contributed by atoms with Gasteiger partial charge in [-0.1, -0.05) is 15.9 Å². The average molecular weight is 577 g/mol. The van der Waals surface area contributed by atoms with Crippen LogP contribution < -0.4 is 29.2 Å². The maximum absolute atomic E-state index is 13.5. The number of carboxylic acid groups (broad SMARTS) is 1. The van der Waals surface area contributed by atoms with Crippen molar-refractivity contribution in [3.8, 4) is 23.0 Å². The molecule has 0 atom stereocenters. The van der Waals surface area contributed by atoms with E-state index in [1.165, 1.54) is 24.3 Å². The van der Waals surface area contributed by atoms with Gasteiger partial charge in [0.2, 0.25) is 0 Å². The van der Waals surface area contributed by atoms with E-state index < -0.39 is 30.4 Å². The Kier molecular flexibility index (Phi) is 9.12. The second-order valence-corrected chi connectivity index (χ2v) is 8.24. The van der Waals surface area contributed by atoms with Crippen molar-refractivity contribution in [2.45, 2.75) is 20.8 Å². The normalized spacial score (nSPS) is 14.4. The predicted molar refractivity (Wildman–Crippen MR) is 136 cm³/mol. The van der Waals surface area contributed by atoms with Crippen molar-refractivity contribution in [1.29, 1.82) is 0 Å². The number of carbonyl (C=O) groups excluding carboxylic acids is 3. The van der Waals surface area contributed by atoms with Crippen LogP contribution in [0, 0.1) is 0 Å². The van der Waals surface area contributed by atoms with Crippen molar-refractivity contribution in [1.82, 2.24) is 5.32 Å². The molecule has 0 aromatic heterocycles. The van der Waals surface area contributed by atoms with E-state index in [1.807, 2.05) is 0 Å². The molecule has 37 heavy (non-hydrogen) atoms. The lowest BCUT2D eigenvalue weighted by Crippen LogP contribution is -2.54. The van der Waals surface area contributed by atoms with Crippen LogP contribution in [-0.2, 0) is 14.4 Å². The summed E-state index contributed by atoms with van der Waals surface area (Å²) in [4.78, 5) is 50.7. The molecule has 1 saturated heterocycles. The fraction of sp³-hybridized carbons (Fsp3) is 0.280. The summed E-state index contributed by atoms with van der Waals surface area (Å²) in [7, 11) is 0. The van der Waals surface area contributed by atoms with Gasteiger partial charge < -0.3 is 24.1 Å². The monoisotopic (exact) mass is 576 g/mol. The summed E-state index contributed by atoms with van der Waals surface area (Å²) >= 11 is 3.35. The Morgan fingerprint density at radius 2 is 1.59 bits per heavy atom. The fourth-order valence-electron chi connectivity index (χ4n) is 3.42. The number of hydrogen-bond acceptors (Lipinski definition) is 8. The molecular formula is C25H25BrN2O9. The van der Waals surface area contributed by atoms with Crippen molar-refractivity contribution in [3.63, 3.8) is 0 Å². The van der Waals surface area contributed by atoms with Gasteiger partial charge in [-0.25, -0.2) is 14.5 Å². The fourth-order valence-corrected chi connectivity index (χ4v) is 3.86. The van der Waals surface area contributed by atoms with Gasteiger partial charge in [0.25, 0.3) is 11.8 Å². The highest BCUT2D eigenvalue weighted by atomic mass is 79.9. The van der Waals surface area contributed by atoms with Gasteiger partial charge in [0.05, 0.1) is 25.5 Å². The van der Waals surface area contributed by atoms with Crippen LogP contribution in [0.1, 0.15) is 26.3 Å². The summed E-state index contributed by atoms with van der Waals surface area (Å²) in [5.74, 6) is -1.91. The van der Waals surface area contributed by atoms with Gasteiger partial charge in [-0.3, -0.25) is 14.9 Å². The Hall–Kier alpha value is -4.06. The van der Waals surface area contributed by atoms with Crippen molar-refractivity contribution < 1.29 is 43.2 Å². The van der Waals surface area contributed by atoms with E-state index in [-0.39, 0.29) is 41.7 Å². The number of nitrogens with one attached hydrogen (secondary N) is 1. The minimum atomic E-state index is -1.17. The van der Waals surface area contributed by atoms with Gasteiger partial charge >= 0.3 is 12.0 Å². The summed E-state index contributed by atoms with van der Waals surface area (Å²) in [6, 6.07) is 6.72. The van der Waals surface area contributed by atoms with Crippen LogP contribution in [0.5, 0.6) is 23.0 Å². The van der Waals surface area contributed by atoms with Crippen molar-refractivity contribution in [2.24, 2.45) is 0 Å². The van der Waals surface area contributed by atoms with Crippen LogP contribution >= 0.6 is 15.9 Å². The van der Waals surface area contributed by atoms with Crippen LogP contribution in [0.25, 0.3) is 6.08 Å². The Morgan fingerprint density at radius 1 is 0.946 bits per heavy atom. The first kappa shape index (κ1) is 27.5. The number of imide groups is 2. The summed E-state index contributed by atoms with van der Waals surface area (Å²) < 4.78 is 22.3. The number of aliphatic carboxylic acids is 1. The number of amides is 4. The number of carbonyl (C=O) groups is 4. The van der Waals surface area contributed by atoms with Crippen LogP contribution in [0.15, 0.2) is 40.4 Å². The second kappa shape index (κ2) is 12.3. The Bertz CT molecular complexity index is 1260. The molecule has 3 rings (SSSR count). The largest absolute Gasteiger partial charge is 0.494 e. The number of anilines is 1. The topological polar surface area (TPSA) is 141 Å². The van der Waals surface area contributed by atoms with Gasteiger partial charge in [-0.15, -0.1) is 0 Å². The molecule has 11 nitrogen and oxygen atoms in total. The van der Waals surface area contributed by atoms with Crippen molar-refractivity contribution >= 4 is 51.5 Å². The molecule has 0 radical (unpaired) electrons. The predicted octanol–water partition coefficient (Wildman–Crippen LogP) is 3.78. The van der Waals surface area contributed by atoms with E-state index >= 15 is 0 Å². The number of carboxylic acids is 1. The average Bonchev–Trinajstić information content (AvgIpc) is 2.84. The zero-order valence-electron chi connectivity index (χ0n) is 20.3. The van der Waals surface area contributed by atoms with Gasteiger partial charge in [0.1, 0.15) is 17.1 Å². The van der Waals surface area contributed by atoms with Gasteiger partial charge in [0, 0.05) is 10.5 Å². The number of hydrogen-bond donors (Lipinski definition) is 2. The molecule has 0 bridgehead atoms. The molecule has 1 aliphatic rings. The standard InChI is InChI=1S/C25H25BrN2O9/c1-4-34-15-7-8-19(35-5-2)18(11-15)28-24(32)16(23(31)27-25(28)33)9-14-10-20(36-6-3)21(12-17(14)26)37-13-22(29)30/h7-12H,4-6,13H2,1-3H3,(H,29,30)(H,27,31,33)/b16-9+. The summed E-state index contributed by atoms with van der Waals surface area (Å²) in [5.41, 5.74) is 0.137. The molecule has 2 aromatic rings. The van der Waals surface area contributed by atoms with Crippen LogP contribution in [0.2, 0.25) is 0 Å². The molecule has 0 aliphatic carbocycles. The zero-order chi connectivity index (χ0) is 27.1. The minimum Gasteiger partial charge on any atom is -0.494 e. The third-order valence-electron chi connectivity index (χ3n) is 4.90. The number of rotatable bonds is 11. The maximum Gasteiger partial charge on any atom is 0.341 e. The Balaban J connectivity index is 2.07. The number of nitrogens with zero attached hydrogens (tertiary/aromatic N) is 1. The van der Waals surface area contributed by atoms with Crippen LogP contribution in [0.4, 0.5) is 10.5 Å². The number of benzene rings is 2. The number of barbiturate groups is 1. The van der Waals surface area contributed by atoms with Crippen LogP contribution in [-0.4, -0.2) is 55.3 Å². The maximum atomic E-state index is 13.5. The van der Waals surface area contributed by atoms with E-state index in [4.69, 9.17) is 24.1 Å². The highest BCUT2D eigenvalue weighted by Crippen LogP contribution is 2.37. The molecule has 4 amide bonds. The molecule has 12 heteroatoms. The molecular weight excluding hydrogens is 552 g/mol. The minimum absolute atomic E-state index is 0.111. The molecule has 1 heterocycles. The number of urea groups is 1. The van der Waals surface area contributed by atoms with E-state index in [0.717, 1.165) is 4.90 Å².